The smallest absolute Gasteiger partial charge is 0.269 e. The van der Waals surface area contributed by atoms with Crippen molar-refractivity contribution in [1.29, 1.82) is 0 Å². The number of ether oxygens (including phenoxy) is 1. The molecule has 31 heavy (non-hydrogen) atoms. The number of aromatic nitrogens is 3. The van der Waals surface area contributed by atoms with Crippen molar-refractivity contribution in [2.24, 2.45) is 0 Å². The lowest BCUT2D eigenvalue weighted by Crippen LogP contribution is -2.24. The summed E-state index contributed by atoms with van der Waals surface area (Å²) in [5.41, 5.74) is 1.74. The minimum absolute atomic E-state index is 0.000191. The quantitative estimate of drug-likeness (QED) is 0.288. The predicted octanol–water partition coefficient (Wildman–Crippen LogP) is 3.89. The van der Waals surface area contributed by atoms with Gasteiger partial charge in [-0.05, 0) is 36.2 Å². The van der Waals surface area contributed by atoms with Gasteiger partial charge in [0.15, 0.2) is 11.0 Å². The fourth-order valence-corrected chi connectivity index (χ4v) is 3.81. The molecule has 1 N–H and O–H groups in total. The Balaban J connectivity index is 1.86. The van der Waals surface area contributed by atoms with Crippen LogP contribution in [-0.4, -0.2) is 32.7 Å². The van der Waals surface area contributed by atoms with Crippen LogP contribution in [0.2, 0.25) is 0 Å². The van der Waals surface area contributed by atoms with Crippen LogP contribution in [0.1, 0.15) is 31.2 Å². The molecule has 2 aromatic carbocycles. The fourth-order valence-electron chi connectivity index (χ4n) is 2.89. The molecule has 162 valence electrons. The van der Waals surface area contributed by atoms with Crippen LogP contribution < -0.4 is 10.1 Å². The second-order valence-electron chi connectivity index (χ2n) is 6.67. The zero-order chi connectivity index (χ0) is 22.2. The van der Waals surface area contributed by atoms with Crippen LogP contribution in [0.5, 0.6) is 5.75 Å². The molecule has 0 fully saturated rings. The van der Waals surface area contributed by atoms with Gasteiger partial charge in [0.1, 0.15) is 5.75 Å². The van der Waals surface area contributed by atoms with Gasteiger partial charge in [0.25, 0.3) is 5.69 Å². The number of carbonyl (C=O) groups excluding carboxylic acids is 1. The predicted molar refractivity (Wildman–Crippen MR) is 117 cm³/mol. The summed E-state index contributed by atoms with van der Waals surface area (Å²) in [7, 11) is 1.62. The van der Waals surface area contributed by atoms with E-state index in [1.165, 1.54) is 23.9 Å². The fraction of sp³-hybridized carbons (Fsp3) is 0.286. The molecule has 0 saturated heterocycles. The van der Waals surface area contributed by atoms with Gasteiger partial charge in [-0.1, -0.05) is 30.8 Å². The molecule has 0 saturated carbocycles. The number of nitro benzene ring substituents is 1. The Hall–Kier alpha value is -3.40. The number of benzene rings is 2. The van der Waals surface area contributed by atoms with Crippen LogP contribution in [0, 0.1) is 10.1 Å². The van der Waals surface area contributed by atoms with Crippen LogP contribution >= 0.6 is 11.8 Å². The zero-order valence-electron chi connectivity index (χ0n) is 17.3. The van der Waals surface area contributed by atoms with E-state index >= 15 is 0 Å². The monoisotopic (exact) mass is 441 g/mol. The average molecular weight is 442 g/mol. The lowest BCUT2D eigenvalue weighted by Gasteiger charge is -2.11. The highest BCUT2D eigenvalue weighted by Gasteiger charge is 2.16. The summed E-state index contributed by atoms with van der Waals surface area (Å²) in [6, 6.07) is 13.9. The van der Waals surface area contributed by atoms with Crippen LogP contribution in [0.15, 0.2) is 53.7 Å². The van der Waals surface area contributed by atoms with Crippen molar-refractivity contribution < 1.29 is 14.5 Å². The molecule has 0 aliphatic heterocycles. The Labute approximate surface area is 184 Å². The number of non-ortho nitro benzene ring substituents is 1. The highest BCUT2D eigenvalue weighted by atomic mass is 32.2. The molecule has 0 unspecified atom stereocenters. The van der Waals surface area contributed by atoms with Gasteiger partial charge >= 0.3 is 0 Å². The second-order valence-corrected chi connectivity index (χ2v) is 7.62. The van der Waals surface area contributed by atoms with Gasteiger partial charge in [-0.25, -0.2) is 0 Å². The second kappa shape index (κ2) is 10.6. The molecule has 0 spiro atoms. The van der Waals surface area contributed by atoms with E-state index in [0.29, 0.717) is 28.8 Å². The third kappa shape index (κ3) is 5.82. The number of nitrogens with zero attached hydrogens (tertiary/aromatic N) is 4. The van der Waals surface area contributed by atoms with Crippen LogP contribution in [0.4, 0.5) is 5.69 Å². The molecular weight excluding hydrogens is 418 g/mol. The zero-order valence-corrected chi connectivity index (χ0v) is 18.1. The molecule has 0 atom stereocenters. The summed E-state index contributed by atoms with van der Waals surface area (Å²) in [6.07, 6.45) is 1.19. The summed E-state index contributed by atoms with van der Waals surface area (Å²) in [5, 5.41) is 23.0. The number of nitrogens with one attached hydrogen (secondary N) is 1. The Kier molecular flexibility index (Phi) is 7.60. The SMILES string of the molecule is CCCC(=O)NCc1nnc(SCc2cccc(OC)c2)n1-c1ccc([N+](=O)[O-])cc1. The number of hydrogen-bond acceptors (Lipinski definition) is 7. The van der Waals surface area contributed by atoms with Gasteiger partial charge in [0.2, 0.25) is 5.91 Å². The largest absolute Gasteiger partial charge is 0.497 e. The maximum absolute atomic E-state index is 11.9. The van der Waals surface area contributed by atoms with Crippen molar-refractivity contribution in [1.82, 2.24) is 20.1 Å². The van der Waals surface area contributed by atoms with E-state index in [2.05, 4.69) is 15.5 Å². The van der Waals surface area contributed by atoms with E-state index in [9.17, 15) is 14.9 Å². The summed E-state index contributed by atoms with van der Waals surface area (Å²) < 4.78 is 7.08. The first-order valence-electron chi connectivity index (χ1n) is 9.73. The summed E-state index contributed by atoms with van der Waals surface area (Å²) in [6.45, 7) is 2.15. The van der Waals surface area contributed by atoms with Crippen molar-refractivity contribution in [2.45, 2.75) is 37.2 Å². The molecule has 3 aromatic rings. The number of methoxy groups -OCH3 is 1. The van der Waals surface area contributed by atoms with Gasteiger partial charge < -0.3 is 10.1 Å². The maximum atomic E-state index is 11.9. The lowest BCUT2D eigenvalue weighted by molar-refractivity contribution is -0.384. The first-order chi connectivity index (χ1) is 15.0. The Bertz CT molecular complexity index is 1050. The third-order valence-corrected chi connectivity index (χ3v) is 5.44. The first-order valence-corrected chi connectivity index (χ1v) is 10.7. The molecule has 0 radical (unpaired) electrons. The van der Waals surface area contributed by atoms with Crippen molar-refractivity contribution in [3.05, 3.63) is 70.0 Å². The minimum Gasteiger partial charge on any atom is -0.497 e. The number of carbonyl (C=O) groups is 1. The van der Waals surface area contributed by atoms with Gasteiger partial charge in [-0.3, -0.25) is 19.5 Å². The molecule has 1 aromatic heterocycles. The Morgan fingerprint density at radius 2 is 2.00 bits per heavy atom. The van der Waals surface area contributed by atoms with Crippen molar-refractivity contribution in [3.63, 3.8) is 0 Å². The van der Waals surface area contributed by atoms with Crippen molar-refractivity contribution >= 4 is 23.4 Å². The minimum atomic E-state index is -0.444. The van der Waals surface area contributed by atoms with E-state index in [-0.39, 0.29) is 18.1 Å². The molecule has 9 nitrogen and oxygen atoms in total. The number of nitro groups is 1. The van der Waals surface area contributed by atoms with Crippen LogP contribution in [-0.2, 0) is 17.1 Å². The molecule has 10 heteroatoms. The van der Waals surface area contributed by atoms with E-state index in [0.717, 1.165) is 17.7 Å². The summed E-state index contributed by atoms with van der Waals surface area (Å²) >= 11 is 1.48. The van der Waals surface area contributed by atoms with Gasteiger partial charge in [0, 0.05) is 30.0 Å². The standard InChI is InChI=1S/C21H23N5O4S/c1-3-5-20(27)22-13-19-23-24-21(31-14-15-6-4-7-18(12-15)30-2)25(19)16-8-10-17(11-9-16)26(28)29/h4,6-12H,3,5,13-14H2,1-2H3,(H,22,27). The third-order valence-electron chi connectivity index (χ3n) is 4.44. The average Bonchev–Trinajstić information content (AvgIpc) is 3.19. The number of hydrogen-bond donors (Lipinski definition) is 1. The Morgan fingerprint density at radius 3 is 2.68 bits per heavy atom. The normalized spacial score (nSPS) is 10.6. The van der Waals surface area contributed by atoms with Gasteiger partial charge in [0.05, 0.1) is 18.6 Å². The molecule has 0 bridgehead atoms. The Morgan fingerprint density at radius 1 is 1.23 bits per heavy atom. The van der Waals surface area contributed by atoms with Crippen LogP contribution in [0.3, 0.4) is 0 Å². The van der Waals surface area contributed by atoms with Gasteiger partial charge in [-0.15, -0.1) is 10.2 Å². The number of rotatable bonds is 10. The highest BCUT2D eigenvalue weighted by molar-refractivity contribution is 7.98. The van der Waals surface area contributed by atoms with E-state index < -0.39 is 4.92 Å². The van der Waals surface area contributed by atoms with E-state index in [1.54, 1.807) is 23.8 Å². The van der Waals surface area contributed by atoms with Gasteiger partial charge in [-0.2, -0.15) is 0 Å². The van der Waals surface area contributed by atoms with Crippen molar-refractivity contribution in [2.75, 3.05) is 7.11 Å². The van der Waals surface area contributed by atoms with E-state index in [1.807, 2.05) is 31.2 Å². The molecule has 0 aliphatic rings. The molecule has 3 rings (SSSR count). The molecule has 1 heterocycles. The summed E-state index contributed by atoms with van der Waals surface area (Å²) in [5.74, 6) is 1.89. The van der Waals surface area contributed by atoms with Crippen LogP contribution in [0.25, 0.3) is 5.69 Å². The molecule has 0 aliphatic carbocycles. The van der Waals surface area contributed by atoms with E-state index in [4.69, 9.17) is 4.74 Å². The number of amides is 1. The van der Waals surface area contributed by atoms with Crippen molar-refractivity contribution in [3.8, 4) is 11.4 Å². The highest BCUT2D eigenvalue weighted by Crippen LogP contribution is 2.27. The lowest BCUT2D eigenvalue weighted by atomic mass is 10.2. The topological polar surface area (TPSA) is 112 Å². The first kappa shape index (κ1) is 22.3. The molecule has 1 amide bonds. The molecular formula is C21H23N5O4S. The summed E-state index contributed by atoms with van der Waals surface area (Å²) in [4.78, 5) is 22.5. The number of thioether (sulfide) groups is 1. The maximum Gasteiger partial charge on any atom is 0.269 e.